The number of carbonyl (C=O) groups excluding carboxylic acids is 12. The molecule has 109 heavy (non-hydrogen) atoms. The molecule has 2 aliphatic rings. The molecule has 2 fully saturated rings. The Labute approximate surface area is 644 Å². The number of thioether (sulfide) groups is 1. The zero-order chi connectivity index (χ0) is 81.5. The molecule has 22 N–H and O–H groups in total. The molecule has 0 unspecified atom stereocenters. The molecule has 1 aromatic carbocycles. The minimum Gasteiger partial charge on any atom is -0.481 e. The van der Waals surface area contributed by atoms with Crippen molar-refractivity contribution in [2.75, 3.05) is 121 Å². The number of guanidine groups is 1. The summed E-state index contributed by atoms with van der Waals surface area (Å²) in [6.07, 6.45) is -1.98. The number of oxime groups is 2. The lowest BCUT2D eigenvalue weighted by atomic mass is 9.99. The normalized spacial score (nSPS) is 20.0. The summed E-state index contributed by atoms with van der Waals surface area (Å²) in [6, 6.07) is -2.93. The fourth-order valence-corrected chi connectivity index (χ4v) is 12.8. The minimum atomic E-state index is -1.82. The van der Waals surface area contributed by atoms with E-state index < -0.39 is 156 Å². The van der Waals surface area contributed by atoms with Gasteiger partial charge in [-0.05, 0) is 73.8 Å². The van der Waals surface area contributed by atoms with Gasteiger partial charge in [0.05, 0.1) is 74.0 Å². The molecular formula is C66H110N20O20S3. The van der Waals surface area contributed by atoms with Crippen molar-refractivity contribution >= 4 is 134 Å². The second kappa shape index (κ2) is 52.8. The summed E-state index contributed by atoms with van der Waals surface area (Å²) in [7, 11) is 1.70. The number of rotatable bonds is 37. The minimum absolute atomic E-state index is 0.00595. The molecule has 2 heterocycles. The summed E-state index contributed by atoms with van der Waals surface area (Å²) in [5, 5.41) is 80.7. The van der Waals surface area contributed by atoms with Gasteiger partial charge in [0.2, 0.25) is 70.9 Å². The standard InChI is InChI=1S/C40H57N13O14S3.C26H53N7O6/c1-2-43-28(54)14-45-34(62)25-16-68-19-30(56)48-24(13-32(59)60)37(65)52-26-17-69-70-18-27(39(67)50-22(35(63)51-25)11-20-7-4-3-5-8-20)53-36(64)23(12-31(57)58)47-29(55)15-46-33(61)21(49-38(26)66)9-6-10-44-40(41)42;1-8-38-19-20-39-18-14-28-24(35)10-9-23(34)27-11-15-33(16-12-29-25(4,5)21(2)31-36)17-13-30-26(6,7)22(3)32-37/h3-5,7-8,21-27H,2,6,9-19H2,1H3,(H,43,54)(H,45,62)(H,46,61)(H,47,55)(H,48,56)(H,49,66)(H,50,67)(H,51,63)(H,52,65)(H,53,64)(H,57,58)(H,59,60)(H4,41,42,44);29-30,36-37H,8-20H2,1-7H3,(H,27,34)(H,28,35)/b;31-21-,32-22-/t21-,22-,23-,24-,25-,26-,27-;/m0./s1. The number of carboxylic acids is 2. The van der Waals surface area contributed by atoms with Gasteiger partial charge in [-0.3, -0.25) is 77.0 Å². The van der Waals surface area contributed by atoms with Crippen molar-refractivity contribution in [2.45, 2.75) is 154 Å². The van der Waals surface area contributed by atoms with Crippen LogP contribution in [0.3, 0.4) is 0 Å². The lowest BCUT2D eigenvalue weighted by molar-refractivity contribution is -0.141. The molecule has 0 spiro atoms. The Bertz CT molecular complexity index is 3210. The molecule has 612 valence electrons. The highest BCUT2D eigenvalue weighted by molar-refractivity contribution is 8.76. The number of nitrogens with zero attached hydrogens (tertiary/aromatic N) is 4. The number of carbonyl (C=O) groups is 14. The smallest absolute Gasteiger partial charge is 0.305 e. The first kappa shape index (κ1) is 95.9. The van der Waals surface area contributed by atoms with Crippen LogP contribution in [-0.4, -0.2) is 301 Å². The number of hydrogen-bond donors (Lipinski definition) is 20. The maximum absolute atomic E-state index is 14.3. The van der Waals surface area contributed by atoms with Crippen LogP contribution in [-0.2, 0) is 83.0 Å². The third-order valence-corrected chi connectivity index (χ3v) is 19.8. The largest absolute Gasteiger partial charge is 0.481 e. The Morgan fingerprint density at radius 2 is 1.10 bits per heavy atom. The number of benzene rings is 1. The number of nitrogens with one attached hydrogen (secondary N) is 14. The second-order valence-corrected chi connectivity index (χ2v) is 29.3. The fraction of sp³-hybridized carbons (Fsp3) is 0.652. The van der Waals surface area contributed by atoms with E-state index in [1.54, 1.807) is 51.1 Å². The lowest BCUT2D eigenvalue weighted by Crippen LogP contribution is -2.60. The third kappa shape index (κ3) is 41.3. The number of nitrogens with two attached hydrogens (primary N) is 2. The van der Waals surface area contributed by atoms with E-state index in [0.717, 1.165) is 33.3 Å². The Kier molecular flexibility index (Phi) is 46.5. The number of likely N-dealkylation sites (N-methyl/N-ethyl adjacent to an activating group) is 1. The van der Waals surface area contributed by atoms with Gasteiger partial charge in [-0.15, -0.1) is 11.8 Å². The first-order chi connectivity index (χ1) is 51.6. The topological polar surface area (TPSA) is 599 Å². The van der Waals surface area contributed by atoms with Crippen molar-refractivity contribution in [1.82, 2.24) is 79.3 Å². The predicted molar refractivity (Wildman–Crippen MR) is 408 cm³/mol. The highest BCUT2D eigenvalue weighted by Crippen LogP contribution is 2.24. The Hall–Kier alpha value is -9.14. The molecule has 40 nitrogen and oxygen atoms in total. The third-order valence-electron chi connectivity index (χ3n) is 16.3. The number of amides is 12. The number of fused-ring (bicyclic) bond motifs is 5. The van der Waals surface area contributed by atoms with E-state index in [1.165, 1.54) is 0 Å². The highest BCUT2D eigenvalue weighted by Gasteiger charge is 2.36. The van der Waals surface area contributed by atoms with Gasteiger partial charge in [0.1, 0.15) is 42.3 Å². The number of aliphatic carboxylic acids is 2. The highest BCUT2D eigenvalue weighted by atomic mass is 33.1. The average molecular weight is 1600 g/mol. The number of ether oxygens (including phenoxy) is 2. The van der Waals surface area contributed by atoms with E-state index in [0.29, 0.717) is 89.2 Å². The number of hydrogen-bond acceptors (Lipinski definition) is 27. The van der Waals surface area contributed by atoms with Crippen LogP contribution in [0.5, 0.6) is 0 Å². The van der Waals surface area contributed by atoms with E-state index in [1.807, 2.05) is 34.6 Å². The summed E-state index contributed by atoms with van der Waals surface area (Å²) in [4.78, 5) is 190. The predicted octanol–water partition coefficient (Wildman–Crippen LogP) is -5.07. The molecule has 0 aromatic heterocycles. The van der Waals surface area contributed by atoms with Crippen LogP contribution in [0.2, 0.25) is 0 Å². The molecule has 2 aliphatic heterocycles. The van der Waals surface area contributed by atoms with Gasteiger partial charge in [0.25, 0.3) is 0 Å². The van der Waals surface area contributed by atoms with Gasteiger partial charge in [0.15, 0.2) is 5.96 Å². The first-order valence-corrected chi connectivity index (χ1v) is 38.9. The zero-order valence-corrected chi connectivity index (χ0v) is 65.3. The van der Waals surface area contributed by atoms with Crippen LogP contribution in [0, 0.1) is 0 Å². The van der Waals surface area contributed by atoms with Crippen molar-refractivity contribution in [2.24, 2.45) is 26.8 Å². The van der Waals surface area contributed by atoms with Gasteiger partial charge < -0.3 is 116 Å². The molecule has 3 rings (SSSR count). The Balaban J connectivity index is 0.000000876. The maximum Gasteiger partial charge on any atom is 0.305 e. The number of carboxylic acid groups (broad SMARTS) is 2. The van der Waals surface area contributed by atoms with E-state index in [4.69, 9.17) is 31.4 Å². The Morgan fingerprint density at radius 1 is 0.587 bits per heavy atom. The molecule has 7 atom stereocenters. The summed E-state index contributed by atoms with van der Waals surface area (Å²) in [5.74, 6) is -14.9. The zero-order valence-electron chi connectivity index (χ0n) is 62.8. The maximum atomic E-state index is 14.3. The van der Waals surface area contributed by atoms with E-state index in [-0.39, 0.29) is 80.2 Å². The molecule has 2 saturated heterocycles. The van der Waals surface area contributed by atoms with Crippen molar-refractivity contribution in [1.29, 1.82) is 0 Å². The molecule has 1 aromatic rings. The fourth-order valence-electron chi connectivity index (χ4n) is 9.61. The summed E-state index contributed by atoms with van der Waals surface area (Å²) in [6.45, 7) is 19.9. The van der Waals surface area contributed by atoms with Crippen LogP contribution in [0.1, 0.15) is 99.5 Å². The van der Waals surface area contributed by atoms with Crippen LogP contribution < -0.4 is 85.9 Å². The molecule has 12 amide bonds. The van der Waals surface area contributed by atoms with E-state index in [2.05, 4.69) is 94.6 Å². The van der Waals surface area contributed by atoms with Gasteiger partial charge in [-0.25, -0.2) is 0 Å². The molecule has 0 radical (unpaired) electrons. The van der Waals surface area contributed by atoms with Gasteiger partial charge in [-0.2, -0.15) is 0 Å². The summed E-state index contributed by atoms with van der Waals surface area (Å²) in [5.41, 5.74) is 11.6. The monoisotopic (exact) mass is 1600 g/mol. The molecule has 2 bridgehead atoms. The summed E-state index contributed by atoms with van der Waals surface area (Å²) < 4.78 is 10.5. The average Bonchev–Trinajstić information content (AvgIpc) is 1.44. The van der Waals surface area contributed by atoms with Crippen LogP contribution in [0.25, 0.3) is 0 Å². The van der Waals surface area contributed by atoms with Crippen LogP contribution >= 0.6 is 33.3 Å². The van der Waals surface area contributed by atoms with Gasteiger partial charge in [-0.1, -0.05) is 62.2 Å². The SMILES string of the molecule is CCNC(=O)CNC(=O)[C@@H]1CSCC(=O)N[C@@H](CC(=O)O)C(=O)N[C@H]2CSSC[C@H](NC(=O)[C@H](CC(=O)O)NC(=O)CNC(=O)[C@H](CCCN=C(N)N)NC2=O)C(=O)N[C@@H](Cc2ccccc2)C(=O)N1.CCOCCOCCNC(=O)CCC(=O)NCCN(CCNC(C)(C)/C(C)=N\O)CCNC(C)(C)/C(C)=N\O. The summed E-state index contributed by atoms with van der Waals surface area (Å²) >= 11 is 0.766. The number of aliphatic imine (C=N–C) groups is 1. The van der Waals surface area contributed by atoms with Crippen molar-refractivity contribution < 1.29 is 97.2 Å². The quantitative estimate of drug-likeness (QED) is 0.00740. The van der Waals surface area contributed by atoms with Crippen molar-refractivity contribution in [3.63, 3.8) is 0 Å². The van der Waals surface area contributed by atoms with Crippen LogP contribution in [0.15, 0.2) is 45.6 Å². The lowest BCUT2D eigenvalue weighted by Gasteiger charge is -2.30. The first-order valence-electron chi connectivity index (χ1n) is 35.2. The van der Waals surface area contributed by atoms with Crippen molar-refractivity contribution in [3.8, 4) is 0 Å². The van der Waals surface area contributed by atoms with E-state index in [9.17, 15) is 77.3 Å². The second-order valence-electron chi connectivity index (χ2n) is 25.7. The molecule has 0 saturated carbocycles. The molecule has 43 heteroatoms. The molecule has 0 aliphatic carbocycles. The van der Waals surface area contributed by atoms with Crippen molar-refractivity contribution in [3.05, 3.63) is 35.9 Å². The van der Waals surface area contributed by atoms with Gasteiger partial charge >= 0.3 is 11.9 Å². The Morgan fingerprint density at radius 3 is 1.62 bits per heavy atom. The van der Waals surface area contributed by atoms with Gasteiger partial charge in [0, 0.05) is 102 Å². The van der Waals surface area contributed by atoms with E-state index >= 15 is 0 Å². The van der Waals surface area contributed by atoms with Crippen LogP contribution in [0.4, 0.5) is 0 Å². The molecular weight excluding hydrogens is 1490 g/mol.